The number of halogens is 2. The van der Waals surface area contributed by atoms with Gasteiger partial charge in [-0.3, -0.25) is 4.79 Å². The Morgan fingerprint density at radius 2 is 1.95 bits per heavy atom. The third-order valence-electron chi connectivity index (χ3n) is 9.25. The molecule has 2 saturated carbocycles. The largest absolute Gasteiger partial charge is 0.506 e. The van der Waals surface area contributed by atoms with Crippen LogP contribution in [0, 0.1) is 22.7 Å². The molecule has 2 aromatic carbocycles. The molecule has 208 valence electrons. The molecule has 1 amide bonds. The molecule has 4 unspecified atom stereocenters. The van der Waals surface area contributed by atoms with E-state index in [4.69, 9.17) is 32.7 Å². The second-order valence-corrected chi connectivity index (χ2v) is 12.1. The van der Waals surface area contributed by atoms with Crippen molar-refractivity contribution in [3.05, 3.63) is 57.6 Å². The van der Waals surface area contributed by atoms with Crippen molar-refractivity contribution in [1.29, 1.82) is 0 Å². The minimum Gasteiger partial charge on any atom is -0.506 e. The Hall–Kier alpha value is -2.99. The predicted octanol–water partition coefficient (Wildman–Crippen LogP) is 6.64. The zero-order valence-corrected chi connectivity index (χ0v) is 24.2. The second kappa shape index (κ2) is 10.9. The van der Waals surface area contributed by atoms with Gasteiger partial charge in [-0.15, -0.1) is 0 Å². The summed E-state index contributed by atoms with van der Waals surface area (Å²) in [6.45, 7) is 8.14. The number of anilines is 1. The lowest BCUT2D eigenvalue weighted by atomic mass is 9.65. The predicted molar refractivity (Wildman–Crippen MR) is 150 cm³/mol. The fourth-order valence-corrected chi connectivity index (χ4v) is 7.09. The lowest BCUT2D eigenvalue weighted by Gasteiger charge is -2.41. The zero-order valence-electron chi connectivity index (χ0n) is 22.7. The molecule has 0 heterocycles. The lowest BCUT2D eigenvalue weighted by molar-refractivity contribution is -0.116. The number of methoxy groups -OCH3 is 1. The molecule has 4 rings (SSSR count). The van der Waals surface area contributed by atoms with Crippen LogP contribution in [0.3, 0.4) is 0 Å². The van der Waals surface area contributed by atoms with E-state index in [0.717, 1.165) is 19.3 Å². The third kappa shape index (κ3) is 5.16. The molecular formula is C30H33Cl2NO6. The normalized spacial score (nSPS) is 23.6. The van der Waals surface area contributed by atoms with Crippen molar-refractivity contribution < 1.29 is 29.0 Å². The third-order valence-corrected chi connectivity index (χ3v) is 9.76. The summed E-state index contributed by atoms with van der Waals surface area (Å²) in [4.78, 5) is 38.4. The number of ether oxygens (including phenoxy) is 2. The Morgan fingerprint density at radius 3 is 2.51 bits per heavy atom. The van der Waals surface area contributed by atoms with Crippen molar-refractivity contribution in [1.82, 2.24) is 0 Å². The van der Waals surface area contributed by atoms with Crippen molar-refractivity contribution in [3.63, 3.8) is 0 Å². The maximum atomic E-state index is 12.7. The molecular weight excluding hydrogens is 541 g/mol. The highest BCUT2D eigenvalue weighted by molar-refractivity contribution is 6.35. The van der Waals surface area contributed by atoms with Crippen LogP contribution in [0.25, 0.3) is 0 Å². The van der Waals surface area contributed by atoms with Crippen molar-refractivity contribution >= 4 is 46.7 Å². The van der Waals surface area contributed by atoms with Crippen molar-refractivity contribution in [2.75, 3.05) is 12.0 Å². The minimum atomic E-state index is -0.628. The number of rotatable bonds is 8. The van der Waals surface area contributed by atoms with E-state index in [1.54, 1.807) is 12.1 Å². The summed E-state index contributed by atoms with van der Waals surface area (Å²) in [6, 6.07) is 7.63. The summed E-state index contributed by atoms with van der Waals surface area (Å²) in [5.41, 5.74) is 0.938. The summed E-state index contributed by atoms with van der Waals surface area (Å²) >= 11 is 12.2. The number of fused-ring (bicyclic) bond motifs is 2. The summed E-state index contributed by atoms with van der Waals surface area (Å²) in [6.07, 6.45) is 3.81. The topological polar surface area (TPSA) is 93.1 Å². The van der Waals surface area contributed by atoms with Gasteiger partial charge >= 0.3 is 5.97 Å². The van der Waals surface area contributed by atoms with Crippen molar-refractivity contribution in [2.24, 2.45) is 22.7 Å². The van der Waals surface area contributed by atoms with Gasteiger partial charge < -0.3 is 19.5 Å². The Bertz CT molecular complexity index is 1350. The zero-order chi connectivity index (χ0) is 28.7. The average molecular weight is 575 g/mol. The van der Waals surface area contributed by atoms with E-state index in [9.17, 15) is 19.5 Å². The SMILES string of the molecule is COC(=O)c1ccc(N(Cc2cc(Cl)cc(Cl)c2O)C(C)=O)cc1OC(C=C=O)C1CC2CCC1(C)C2(C)C. The molecule has 0 aliphatic heterocycles. The highest BCUT2D eigenvalue weighted by Gasteiger charge is 2.63. The second-order valence-electron chi connectivity index (χ2n) is 11.3. The quantitative estimate of drug-likeness (QED) is 0.281. The van der Waals surface area contributed by atoms with Crippen molar-refractivity contribution in [2.45, 2.75) is 59.6 Å². The number of nitrogens with zero attached hydrogens (tertiary/aromatic N) is 1. The Labute approximate surface area is 238 Å². The van der Waals surface area contributed by atoms with Gasteiger partial charge in [0, 0.05) is 41.3 Å². The van der Waals surface area contributed by atoms with E-state index >= 15 is 0 Å². The fourth-order valence-electron chi connectivity index (χ4n) is 6.56. The van der Waals surface area contributed by atoms with E-state index in [1.807, 2.05) is 5.94 Å². The molecule has 2 bridgehead atoms. The highest BCUT2D eigenvalue weighted by Crippen LogP contribution is 2.69. The van der Waals surface area contributed by atoms with Gasteiger partial charge in [0.05, 0.1) is 18.7 Å². The maximum Gasteiger partial charge on any atom is 0.341 e. The van der Waals surface area contributed by atoms with E-state index in [-0.39, 0.29) is 51.3 Å². The van der Waals surface area contributed by atoms with Crippen LogP contribution in [-0.4, -0.2) is 36.1 Å². The number of phenols is 1. The summed E-state index contributed by atoms with van der Waals surface area (Å²) in [5, 5.41) is 10.8. The molecule has 7 nitrogen and oxygen atoms in total. The number of carbonyl (C=O) groups is 2. The summed E-state index contributed by atoms with van der Waals surface area (Å²) in [5.74, 6) is 1.51. The van der Waals surface area contributed by atoms with Crippen LogP contribution in [0.15, 0.2) is 36.4 Å². The first-order valence-corrected chi connectivity index (χ1v) is 13.6. The summed E-state index contributed by atoms with van der Waals surface area (Å²) < 4.78 is 11.4. The monoisotopic (exact) mass is 573 g/mol. The van der Waals surface area contributed by atoms with E-state index < -0.39 is 12.1 Å². The maximum absolute atomic E-state index is 12.7. The van der Waals surface area contributed by atoms with Crippen LogP contribution in [-0.2, 0) is 20.9 Å². The number of amides is 1. The van der Waals surface area contributed by atoms with Crippen LogP contribution in [0.2, 0.25) is 10.0 Å². The first kappa shape index (κ1) is 29.0. The number of hydrogen-bond acceptors (Lipinski definition) is 6. The molecule has 0 radical (unpaired) electrons. The van der Waals surface area contributed by atoms with Gasteiger partial charge in [-0.1, -0.05) is 44.0 Å². The number of aromatic hydroxyl groups is 1. The Kier molecular flexibility index (Phi) is 8.09. The molecule has 2 fully saturated rings. The molecule has 0 aromatic heterocycles. The van der Waals surface area contributed by atoms with Gasteiger partial charge in [-0.25, -0.2) is 9.59 Å². The molecule has 2 aliphatic rings. The lowest BCUT2D eigenvalue weighted by Crippen LogP contribution is -2.40. The van der Waals surface area contributed by atoms with E-state index in [2.05, 4.69) is 20.8 Å². The molecule has 2 aliphatic carbocycles. The molecule has 0 saturated heterocycles. The molecule has 0 spiro atoms. The van der Waals surface area contributed by atoms with Gasteiger partial charge in [0.2, 0.25) is 5.91 Å². The number of phenolic OH excluding ortho intramolecular Hbond substituents is 1. The number of carbonyl (C=O) groups excluding carboxylic acids is 3. The first-order valence-electron chi connectivity index (χ1n) is 12.9. The van der Waals surface area contributed by atoms with Crippen LogP contribution >= 0.6 is 23.2 Å². The molecule has 9 heteroatoms. The first-order chi connectivity index (χ1) is 18.3. The van der Waals surface area contributed by atoms with Gasteiger partial charge in [0.1, 0.15) is 29.1 Å². The smallest absolute Gasteiger partial charge is 0.341 e. The molecule has 4 atom stereocenters. The molecule has 1 N–H and O–H groups in total. The standard InChI is InChI=1S/C30H33Cl2NO6/c1-17(35)33(16-18-12-20(31)14-24(32)27(18)36)21-6-7-22(28(37)38-5)26(15-21)39-25(9-11-34)23-13-19-8-10-30(23,4)29(19,2)3/h6-7,9,12,14-15,19,23,25,36H,8,10,13,16H2,1-5H3. The van der Waals surface area contributed by atoms with Crippen LogP contribution < -0.4 is 9.64 Å². The van der Waals surface area contributed by atoms with Crippen LogP contribution in [0.1, 0.15) is 62.9 Å². The Balaban J connectivity index is 1.74. The van der Waals surface area contributed by atoms with E-state index in [1.165, 1.54) is 43.2 Å². The van der Waals surface area contributed by atoms with Gasteiger partial charge in [-0.05, 0) is 60.3 Å². The van der Waals surface area contributed by atoms with Crippen LogP contribution in [0.4, 0.5) is 5.69 Å². The minimum absolute atomic E-state index is 0.0350. The summed E-state index contributed by atoms with van der Waals surface area (Å²) in [7, 11) is 1.27. The molecule has 39 heavy (non-hydrogen) atoms. The van der Waals surface area contributed by atoms with Gasteiger partial charge in [0.15, 0.2) is 0 Å². The fraction of sp³-hybridized carbons (Fsp3) is 0.467. The van der Waals surface area contributed by atoms with Gasteiger partial charge in [-0.2, -0.15) is 0 Å². The Morgan fingerprint density at radius 1 is 1.23 bits per heavy atom. The van der Waals surface area contributed by atoms with E-state index in [0.29, 0.717) is 22.2 Å². The molecule has 2 aromatic rings. The number of benzene rings is 2. The van der Waals surface area contributed by atoms with Crippen LogP contribution in [0.5, 0.6) is 11.5 Å². The van der Waals surface area contributed by atoms with Gasteiger partial charge in [0.25, 0.3) is 0 Å². The highest BCUT2D eigenvalue weighted by atomic mass is 35.5. The number of hydrogen-bond donors (Lipinski definition) is 1. The number of esters is 1. The van der Waals surface area contributed by atoms with Crippen molar-refractivity contribution in [3.8, 4) is 11.5 Å². The average Bonchev–Trinajstić information content (AvgIpc) is 3.22.